The summed E-state index contributed by atoms with van der Waals surface area (Å²) >= 11 is 1.09. The summed E-state index contributed by atoms with van der Waals surface area (Å²) in [6.45, 7) is 7.01. The van der Waals surface area contributed by atoms with Crippen LogP contribution >= 0.6 is 11.3 Å². The van der Waals surface area contributed by atoms with Gasteiger partial charge in [-0.25, -0.2) is 23.1 Å². The van der Waals surface area contributed by atoms with Gasteiger partial charge in [0.25, 0.3) is 10.0 Å². The van der Waals surface area contributed by atoms with Gasteiger partial charge in [-0.05, 0) is 52.7 Å². The summed E-state index contributed by atoms with van der Waals surface area (Å²) in [6, 6.07) is 5.17. The van der Waals surface area contributed by atoms with Crippen LogP contribution in [0, 0.1) is 0 Å². The second kappa shape index (κ2) is 7.97. The molecule has 11 heteroatoms. The van der Waals surface area contributed by atoms with Gasteiger partial charge in [0.2, 0.25) is 0 Å². The first-order valence-electron chi connectivity index (χ1n) is 10.0. The molecule has 0 amide bonds. The maximum Gasteiger partial charge on any atom is 0.250 e. The number of nitrogens with one attached hydrogen (secondary N) is 3. The van der Waals surface area contributed by atoms with Crippen LogP contribution in [-0.2, 0) is 10.0 Å². The van der Waals surface area contributed by atoms with Crippen molar-refractivity contribution in [1.29, 1.82) is 0 Å². The second-order valence-electron chi connectivity index (χ2n) is 8.76. The van der Waals surface area contributed by atoms with E-state index in [1.165, 1.54) is 0 Å². The van der Waals surface area contributed by atoms with Gasteiger partial charge in [0.05, 0.1) is 11.0 Å². The number of aromatic amines is 1. The molecule has 0 aliphatic heterocycles. The minimum Gasteiger partial charge on any atom is -0.389 e. The van der Waals surface area contributed by atoms with E-state index in [1.54, 1.807) is 46.0 Å². The number of nitrogens with zero attached hydrogens (tertiary/aromatic N) is 3. The molecule has 1 aliphatic carbocycles. The number of hydrogen-bond donors (Lipinski definition) is 4. The molecule has 3 aromatic rings. The van der Waals surface area contributed by atoms with Crippen LogP contribution in [0.4, 0.5) is 11.6 Å². The summed E-state index contributed by atoms with van der Waals surface area (Å²) in [5, 5.41) is 20.6. The highest BCUT2D eigenvalue weighted by Crippen LogP contribution is 2.40. The van der Waals surface area contributed by atoms with Crippen molar-refractivity contribution < 1.29 is 13.5 Å². The lowest BCUT2D eigenvalue weighted by Crippen LogP contribution is -2.40. The van der Waals surface area contributed by atoms with Crippen LogP contribution in [-0.4, -0.2) is 39.2 Å². The molecule has 4 N–H and O–H groups in total. The predicted octanol–water partition coefficient (Wildman–Crippen LogP) is 3.68. The summed E-state index contributed by atoms with van der Waals surface area (Å²) in [7, 11) is -3.64. The molecule has 1 atom stereocenters. The van der Waals surface area contributed by atoms with E-state index in [9.17, 15) is 13.5 Å². The Morgan fingerprint density at radius 1 is 1.29 bits per heavy atom. The first-order chi connectivity index (χ1) is 14.5. The van der Waals surface area contributed by atoms with Crippen molar-refractivity contribution in [3.05, 3.63) is 35.7 Å². The highest BCUT2D eigenvalue weighted by atomic mass is 32.2. The van der Waals surface area contributed by atoms with Gasteiger partial charge in [0, 0.05) is 35.0 Å². The number of anilines is 2. The van der Waals surface area contributed by atoms with Crippen molar-refractivity contribution >= 4 is 33.0 Å². The van der Waals surface area contributed by atoms with Gasteiger partial charge in [-0.3, -0.25) is 5.10 Å². The van der Waals surface area contributed by atoms with Crippen molar-refractivity contribution in [2.75, 3.05) is 5.32 Å². The third kappa shape index (κ3) is 5.12. The van der Waals surface area contributed by atoms with Crippen LogP contribution in [0.1, 0.15) is 63.8 Å². The average molecular weight is 463 g/mol. The van der Waals surface area contributed by atoms with E-state index in [-0.39, 0.29) is 4.21 Å². The quantitative estimate of drug-likeness (QED) is 0.421. The zero-order valence-corrected chi connectivity index (χ0v) is 19.4. The molecular weight excluding hydrogens is 436 g/mol. The van der Waals surface area contributed by atoms with Crippen LogP contribution in [0.5, 0.6) is 0 Å². The Hall–Kier alpha value is -2.34. The van der Waals surface area contributed by atoms with Crippen molar-refractivity contribution in [3.8, 4) is 10.7 Å². The van der Waals surface area contributed by atoms with Crippen LogP contribution in [0.3, 0.4) is 0 Å². The molecule has 3 aromatic heterocycles. The average Bonchev–Trinajstić information content (AvgIpc) is 3.19. The lowest BCUT2D eigenvalue weighted by Gasteiger charge is -2.19. The standard InChI is InChI=1S/C20H26N6O3S2/c1-11(27)13-10-21-19(15-7-8-17(30-15)31(28,29)26-20(2,3)4)23-18(13)22-16-9-14(24-25-16)12-5-6-12/h7-12,26-27H,5-6H2,1-4H3,(H2,21,22,23,24,25). The summed E-state index contributed by atoms with van der Waals surface area (Å²) in [5.41, 5.74) is 1.02. The maximum absolute atomic E-state index is 12.6. The molecule has 0 spiro atoms. The van der Waals surface area contributed by atoms with E-state index in [2.05, 4.69) is 30.2 Å². The van der Waals surface area contributed by atoms with E-state index in [0.29, 0.717) is 33.8 Å². The van der Waals surface area contributed by atoms with Gasteiger partial charge in [-0.2, -0.15) is 5.10 Å². The molecule has 4 rings (SSSR count). The smallest absolute Gasteiger partial charge is 0.250 e. The fraction of sp³-hybridized carbons (Fsp3) is 0.450. The molecule has 0 bridgehead atoms. The normalized spacial score (nSPS) is 15.8. The number of rotatable bonds is 7. The van der Waals surface area contributed by atoms with Crippen LogP contribution in [0.25, 0.3) is 10.7 Å². The molecule has 0 saturated heterocycles. The molecule has 0 radical (unpaired) electrons. The summed E-state index contributed by atoms with van der Waals surface area (Å²) in [4.78, 5) is 9.51. The molecule has 3 heterocycles. The van der Waals surface area contributed by atoms with Crippen molar-refractivity contribution in [2.45, 2.75) is 62.3 Å². The van der Waals surface area contributed by atoms with E-state index in [0.717, 1.165) is 29.9 Å². The molecular formula is C20H26N6O3S2. The van der Waals surface area contributed by atoms with Crippen LogP contribution in [0.2, 0.25) is 0 Å². The van der Waals surface area contributed by atoms with E-state index < -0.39 is 21.7 Å². The zero-order valence-electron chi connectivity index (χ0n) is 17.8. The Bertz CT molecular complexity index is 1190. The molecule has 1 saturated carbocycles. The number of aliphatic hydroxyl groups excluding tert-OH is 1. The minimum atomic E-state index is -3.64. The Labute approximate surface area is 185 Å². The first kappa shape index (κ1) is 21.9. The molecule has 31 heavy (non-hydrogen) atoms. The number of H-pyrrole nitrogens is 1. The van der Waals surface area contributed by atoms with Gasteiger partial charge >= 0.3 is 0 Å². The van der Waals surface area contributed by atoms with Gasteiger partial charge < -0.3 is 10.4 Å². The lowest BCUT2D eigenvalue weighted by atomic mass is 10.1. The minimum absolute atomic E-state index is 0.191. The number of aromatic nitrogens is 4. The van der Waals surface area contributed by atoms with Crippen LogP contribution < -0.4 is 10.0 Å². The van der Waals surface area contributed by atoms with E-state index in [1.807, 2.05) is 6.07 Å². The van der Waals surface area contributed by atoms with Gasteiger partial charge in [-0.1, -0.05) is 0 Å². The third-order valence-corrected chi connectivity index (χ3v) is 7.97. The number of aliphatic hydroxyl groups is 1. The summed E-state index contributed by atoms with van der Waals surface area (Å²) in [5.74, 6) is 1.94. The first-order valence-corrected chi connectivity index (χ1v) is 12.3. The van der Waals surface area contributed by atoms with Crippen LogP contribution in [0.15, 0.2) is 28.6 Å². The third-order valence-electron chi connectivity index (χ3n) is 4.64. The van der Waals surface area contributed by atoms with Crippen molar-refractivity contribution in [1.82, 2.24) is 24.9 Å². The molecule has 1 aliphatic rings. The Balaban J connectivity index is 1.63. The highest BCUT2D eigenvalue weighted by Gasteiger charge is 2.26. The Morgan fingerprint density at radius 2 is 2.03 bits per heavy atom. The fourth-order valence-electron chi connectivity index (χ4n) is 3.08. The molecule has 1 fully saturated rings. The van der Waals surface area contributed by atoms with Gasteiger partial charge in [-0.15, -0.1) is 11.3 Å². The number of hydrogen-bond acceptors (Lipinski definition) is 8. The van der Waals surface area contributed by atoms with Gasteiger partial charge in [0.1, 0.15) is 10.0 Å². The summed E-state index contributed by atoms with van der Waals surface area (Å²) in [6.07, 6.45) is 3.08. The van der Waals surface area contributed by atoms with E-state index >= 15 is 0 Å². The van der Waals surface area contributed by atoms with Gasteiger partial charge in [0.15, 0.2) is 11.6 Å². The maximum atomic E-state index is 12.6. The monoisotopic (exact) mass is 462 g/mol. The molecule has 0 aromatic carbocycles. The fourth-order valence-corrected chi connectivity index (χ4v) is 5.74. The topological polar surface area (TPSA) is 133 Å². The predicted molar refractivity (Wildman–Crippen MR) is 120 cm³/mol. The largest absolute Gasteiger partial charge is 0.389 e. The Morgan fingerprint density at radius 3 is 2.68 bits per heavy atom. The number of sulfonamides is 1. The SMILES string of the molecule is CC(O)c1cnc(-c2ccc(S(=O)(=O)NC(C)(C)C)s2)nc1Nc1cc(C2CC2)[nH]n1. The second-order valence-corrected chi connectivity index (χ2v) is 11.7. The Kier molecular flexibility index (Phi) is 5.63. The van der Waals surface area contributed by atoms with Crippen molar-refractivity contribution in [2.24, 2.45) is 0 Å². The lowest BCUT2D eigenvalue weighted by molar-refractivity contribution is 0.199. The van der Waals surface area contributed by atoms with Crippen molar-refractivity contribution in [3.63, 3.8) is 0 Å². The highest BCUT2D eigenvalue weighted by molar-refractivity contribution is 7.91. The zero-order chi connectivity index (χ0) is 22.4. The molecule has 166 valence electrons. The number of thiophene rings is 1. The summed E-state index contributed by atoms with van der Waals surface area (Å²) < 4.78 is 28.1. The molecule has 1 unspecified atom stereocenters. The van der Waals surface area contributed by atoms with E-state index in [4.69, 9.17) is 0 Å². The molecule has 9 nitrogen and oxygen atoms in total.